The van der Waals surface area contributed by atoms with Crippen molar-refractivity contribution >= 4 is 5.97 Å². The molecular weight excluding hydrogens is 247 g/mol. The molecule has 0 amide bonds. The molecule has 0 saturated carbocycles. The highest BCUT2D eigenvalue weighted by molar-refractivity contribution is 5.78. The number of hydrogen-bond acceptors (Lipinski definition) is 6. The average Bonchev–Trinajstić information content (AvgIpc) is 2.85. The second kappa shape index (κ2) is 4.69. The van der Waals surface area contributed by atoms with Crippen LogP contribution in [-0.2, 0) is 9.53 Å². The summed E-state index contributed by atoms with van der Waals surface area (Å²) in [5, 5.41) is 9.74. The molecule has 1 atom stereocenters. The molecule has 0 aromatic heterocycles. The molecule has 1 aliphatic heterocycles. The van der Waals surface area contributed by atoms with E-state index in [4.69, 9.17) is 14.2 Å². The van der Waals surface area contributed by atoms with Crippen molar-refractivity contribution in [2.24, 2.45) is 0 Å². The number of methoxy groups -OCH3 is 2. The van der Waals surface area contributed by atoms with Crippen molar-refractivity contribution in [3.63, 3.8) is 0 Å². The Balaban J connectivity index is 2.53. The molecule has 2 rings (SSSR count). The van der Waals surface area contributed by atoms with Crippen LogP contribution in [0.15, 0.2) is 6.07 Å². The molecule has 0 fully saturated rings. The molecule has 1 aromatic rings. The zero-order chi connectivity index (χ0) is 13.3. The van der Waals surface area contributed by atoms with Crippen molar-refractivity contribution in [1.29, 1.82) is 0 Å². The Morgan fingerprint density at radius 3 is 2.83 bits per heavy atom. The van der Waals surface area contributed by atoms with Crippen LogP contribution in [0.1, 0.15) is 11.7 Å². The van der Waals surface area contributed by atoms with Crippen molar-refractivity contribution in [2.75, 3.05) is 21.0 Å². The highest BCUT2D eigenvalue weighted by Gasteiger charge is 2.31. The van der Waals surface area contributed by atoms with Gasteiger partial charge in [-0.3, -0.25) is 0 Å². The molecule has 1 aliphatic rings. The van der Waals surface area contributed by atoms with Crippen LogP contribution < -0.4 is 14.2 Å². The van der Waals surface area contributed by atoms with Crippen molar-refractivity contribution in [3.05, 3.63) is 17.4 Å². The van der Waals surface area contributed by atoms with Crippen LogP contribution in [0.4, 0.5) is 4.39 Å². The Morgan fingerprint density at radius 1 is 1.50 bits per heavy atom. The number of carbonyl (C=O) groups is 1. The van der Waals surface area contributed by atoms with E-state index in [0.29, 0.717) is 0 Å². The number of hydrogen-bond donors (Lipinski definition) is 1. The van der Waals surface area contributed by atoms with Gasteiger partial charge in [-0.15, -0.1) is 0 Å². The van der Waals surface area contributed by atoms with Crippen molar-refractivity contribution in [2.45, 2.75) is 6.10 Å². The predicted octanol–water partition coefficient (Wildman–Crippen LogP) is 0.769. The molecule has 7 heteroatoms. The highest BCUT2D eigenvalue weighted by Crippen LogP contribution is 2.43. The summed E-state index contributed by atoms with van der Waals surface area (Å²) in [6, 6.07) is 1.28. The molecule has 0 spiro atoms. The maximum atomic E-state index is 14.0. The number of esters is 1. The summed E-state index contributed by atoms with van der Waals surface area (Å²) in [6.07, 6.45) is -1.66. The van der Waals surface area contributed by atoms with Gasteiger partial charge in [0, 0.05) is 5.56 Å². The van der Waals surface area contributed by atoms with E-state index in [9.17, 15) is 14.3 Å². The molecular formula is C11H11FO6. The van der Waals surface area contributed by atoms with Crippen LogP contribution in [-0.4, -0.2) is 32.1 Å². The fourth-order valence-corrected chi connectivity index (χ4v) is 1.65. The Labute approximate surface area is 102 Å². The van der Waals surface area contributed by atoms with E-state index in [2.05, 4.69) is 4.74 Å². The summed E-state index contributed by atoms with van der Waals surface area (Å²) < 4.78 is 33.1. The highest BCUT2D eigenvalue weighted by atomic mass is 19.1. The first-order valence-electron chi connectivity index (χ1n) is 5.02. The first kappa shape index (κ1) is 12.4. The number of benzene rings is 1. The van der Waals surface area contributed by atoms with E-state index in [1.54, 1.807) is 0 Å². The zero-order valence-corrected chi connectivity index (χ0v) is 9.73. The minimum absolute atomic E-state index is 0.0777. The lowest BCUT2D eigenvalue weighted by Gasteiger charge is -2.14. The van der Waals surface area contributed by atoms with Gasteiger partial charge in [-0.05, 0) is 6.07 Å². The summed E-state index contributed by atoms with van der Waals surface area (Å²) in [6.45, 7) is -0.132. The van der Waals surface area contributed by atoms with Crippen LogP contribution in [0.25, 0.3) is 0 Å². The summed E-state index contributed by atoms with van der Waals surface area (Å²) in [4.78, 5) is 11.3. The first-order chi connectivity index (χ1) is 8.60. The summed E-state index contributed by atoms with van der Waals surface area (Å²) >= 11 is 0. The first-order valence-corrected chi connectivity index (χ1v) is 5.02. The Hall–Kier alpha value is -2.02. The third kappa shape index (κ3) is 1.82. The van der Waals surface area contributed by atoms with Crippen LogP contribution in [0.3, 0.4) is 0 Å². The van der Waals surface area contributed by atoms with E-state index in [0.717, 1.165) is 7.11 Å². The number of aliphatic hydroxyl groups is 1. The molecule has 1 aromatic carbocycles. The van der Waals surface area contributed by atoms with E-state index in [1.807, 2.05) is 0 Å². The topological polar surface area (TPSA) is 74.2 Å². The van der Waals surface area contributed by atoms with Gasteiger partial charge in [-0.25, -0.2) is 4.79 Å². The standard InChI is InChI=1S/C11H11FO6/c1-15-9-5(8(13)11(14)16-2)3-6-10(7(9)12)18-4-17-6/h3,8,13H,4H2,1-2H3. The average molecular weight is 258 g/mol. The SMILES string of the molecule is COC(=O)C(O)c1cc2c(c(F)c1OC)OCO2. The molecule has 18 heavy (non-hydrogen) atoms. The Kier molecular flexibility index (Phi) is 3.24. The van der Waals surface area contributed by atoms with Crippen LogP contribution in [0.2, 0.25) is 0 Å². The lowest BCUT2D eigenvalue weighted by Crippen LogP contribution is -2.15. The van der Waals surface area contributed by atoms with Crippen LogP contribution >= 0.6 is 0 Å². The quantitative estimate of drug-likeness (QED) is 0.807. The Morgan fingerprint density at radius 2 is 2.22 bits per heavy atom. The van der Waals surface area contributed by atoms with Crippen LogP contribution in [0, 0.1) is 5.82 Å². The van der Waals surface area contributed by atoms with E-state index < -0.39 is 17.9 Å². The van der Waals surface area contributed by atoms with Gasteiger partial charge >= 0.3 is 5.97 Å². The normalized spacial score (nSPS) is 14.2. The monoisotopic (exact) mass is 258 g/mol. The fourth-order valence-electron chi connectivity index (χ4n) is 1.65. The van der Waals surface area contributed by atoms with Gasteiger partial charge < -0.3 is 24.1 Å². The summed E-state index contributed by atoms with van der Waals surface area (Å²) in [5.41, 5.74) is -0.0777. The van der Waals surface area contributed by atoms with Gasteiger partial charge in [-0.1, -0.05) is 0 Å². The number of rotatable bonds is 3. The molecule has 1 N–H and O–H groups in total. The lowest BCUT2D eigenvalue weighted by atomic mass is 10.1. The van der Waals surface area contributed by atoms with Gasteiger partial charge in [0.25, 0.3) is 0 Å². The fraction of sp³-hybridized carbons (Fsp3) is 0.364. The maximum absolute atomic E-state index is 14.0. The smallest absolute Gasteiger partial charge is 0.339 e. The zero-order valence-electron chi connectivity index (χ0n) is 9.73. The molecule has 1 heterocycles. The largest absolute Gasteiger partial charge is 0.493 e. The second-order valence-corrected chi connectivity index (χ2v) is 3.47. The molecule has 1 unspecified atom stereocenters. The van der Waals surface area contributed by atoms with Gasteiger partial charge in [-0.2, -0.15) is 4.39 Å². The van der Waals surface area contributed by atoms with Gasteiger partial charge in [0.2, 0.25) is 18.4 Å². The summed E-state index contributed by atoms with van der Waals surface area (Å²) in [7, 11) is 2.33. The number of carbonyl (C=O) groups excluding carboxylic acids is 1. The molecule has 0 bridgehead atoms. The predicted molar refractivity (Wildman–Crippen MR) is 56.1 cm³/mol. The van der Waals surface area contributed by atoms with Crippen LogP contribution in [0.5, 0.6) is 17.2 Å². The third-order valence-electron chi connectivity index (χ3n) is 2.51. The molecule has 0 saturated heterocycles. The Bertz CT molecular complexity index is 487. The van der Waals surface area contributed by atoms with Crippen molar-refractivity contribution in [3.8, 4) is 17.2 Å². The molecule has 6 nitrogen and oxygen atoms in total. The third-order valence-corrected chi connectivity index (χ3v) is 2.51. The minimum Gasteiger partial charge on any atom is -0.493 e. The van der Waals surface area contributed by atoms with E-state index in [-0.39, 0.29) is 29.6 Å². The maximum Gasteiger partial charge on any atom is 0.339 e. The number of aliphatic hydroxyl groups excluding tert-OH is 1. The number of halogens is 1. The molecule has 0 radical (unpaired) electrons. The van der Waals surface area contributed by atoms with E-state index in [1.165, 1.54) is 13.2 Å². The van der Waals surface area contributed by atoms with E-state index >= 15 is 0 Å². The number of ether oxygens (including phenoxy) is 4. The summed E-state index contributed by atoms with van der Waals surface area (Å²) in [5.74, 6) is -2.03. The molecule has 98 valence electrons. The van der Waals surface area contributed by atoms with Gasteiger partial charge in [0.1, 0.15) is 0 Å². The molecule has 0 aliphatic carbocycles. The lowest BCUT2D eigenvalue weighted by molar-refractivity contribution is -0.150. The van der Waals surface area contributed by atoms with Crippen molar-refractivity contribution in [1.82, 2.24) is 0 Å². The number of fused-ring (bicyclic) bond motifs is 1. The van der Waals surface area contributed by atoms with Gasteiger partial charge in [0.05, 0.1) is 14.2 Å². The van der Waals surface area contributed by atoms with Gasteiger partial charge in [0.15, 0.2) is 17.6 Å². The second-order valence-electron chi connectivity index (χ2n) is 3.47. The minimum atomic E-state index is -1.66. The van der Waals surface area contributed by atoms with Crippen molar-refractivity contribution < 1.29 is 33.2 Å².